The maximum absolute atomic E-state index is 13.2. The van der Waals surface area contributed by atoms with Crippen LogP contribution >= 0.6 is 11.8 Å². The first-order chi connectivity index (χ1) is 17.0. The second-order valence-corrected chi connectivity index (χ2v) is 9.59. The number of unbranched alkanes of at least 4 members (excludes halogenated alkanes) is 2. The summed E-state index contributed by atoms with van der Waals surface area (Å²) in [5.41, 5.74) is 4.41. The first-order valence-electron chi connectivity index (χ1n) is 11.6. The number of carbonyl (C=O) groups is 3. The normalized spacial score (nSPS) is 17.2. The Labute approximate surface area is 208 Å². The minimum absolute atomic E-state index is 0.107. The number of carbonyl (C=O) groups excluding carboxylic acids is 2. The zero-order valence-corrected chi connectivity index (χ0v) is 20.0. The SMILES string of the molecule is N#CCCCCC(NC(=O)OCC1c2ccccc2-c2ccccc21)C(=O)N1CSCC1C(=O)O. The van der Waals surface area contributed by atoms with Crippen LogP contribution in [0.2, 0.25) is 0 Å². The van der Waals surface area contributed by atoms with E-state index in [4.69, 9.17) is 10.00 Å². The Morgan fingerprint density at radius 2 is 1.77 bits per heavy atom. The maximum Gasteiger partial charge on any atom is 0.407 e. The van der Waals surface area contributed by atoms with Crippen molar-refractivity contribution < 1.29 is 24.2 Å². The van der Waals surface area contributed by atoms with Crippen LogP contribution in [0.4, 0.5) is 4.79 Å². The highest BCUT2D eigenvalue weighted by Crippen LogP contribution is 2.44. The van der Waals surface area contributed by atoms with E-state index in [1.807, 2.05) is 36.4 Å². The summed E-state index contributed by atoms with van der Waals surface area (Å²) in [5, 5.41) is 20.9. The lowest BCUT2D eigenvalue weighted by atomic mass is 9.98. The standard InChI is InChI=1S/C26H27N3O5S/c27-13-7-1-2-12-22(24(30)29-16-35-15-23(29)25(31)32)28-26(33)34-14-21-19-10-5-3-8-17(19)18-9-4-6-11-20(18)21/h3-6,8-11,21-23H,1-2,7,12,14-16H2,(H,28,33)(H,31,32). The van der Waals surface area contributed by atoms with Gasteiger partial charge in [-0.3, -0.25) is 4.79 Å². The molecule has 0 bridgehead atoms. The van der Waals surface area contributed by atoms with E-state index in [0.717, 1.165) is 22.3 Å². The summed E-state index contributed by atoms with van der Waals surface area (Å²) in [6.07, 6.45) is 1.07. The quantitative estimate of drug-likeness (QED) is 0.507. The molecule has 1 fully saturated rings. The summed E-state index contributed by atoms with van der Waals surface area (Å²) >= 11 is 1.37. The Kier molecular flexibility index (Phi) is 7.93. The summed E-state index contributed by atoms with van der Waals surface area (Å²) in [6, 6.07) is 16.3. The summed E-state index contributed by atoms with van der Waals surface area (Å²) in [5.74, 6) is -1.03. The van der Waals surface area contributed by atoms with Gasteiger partial charge in [0.15, 0.2) is 0 Å². The molecule has 2 aliphatic rings. The average molecular weight is 494 g/mol. The van der Waals surface area contributed by atoms with Gasteiger partial charge < -0.3 is 20.1 Å². The van der Waals surface area contributed by atoms with Crippen molar-refractivity contribution in [3.63, 3.8) is 0 Å². The highest BCUT2D eigenvalue weighted by molar-refractivity contribution is 7.99. The van der Waals surface area contributed by atoms with Crippen LogP contribution in [0.25, 0.3) is 11.1 Å². The van der Waals surface area contributed by atoms with Crippen molar-refractivity contribution in [3.05, 3.63) is 59.7 Å². The number of thioether (sulfide) groups is 1. The van der Waals surface area contributed by atoms with Gasteiger partial charge in [-0.25, -0.2) is 9.59 Å². The molecule has 1 aliphatic heterocycles. The van der Waals surface area contributed by atoms with Crippen molar-refractivity contribution in [1.82, 2.24) is 10.2 Å². The fourth-order valence-electron chi connectivity index (χ4n) is 4.66. The van der Waals surface area contributed by atoms with Crippen LogP contribution in [0.1, 0.15) is 42.7 Å². The van der Waals surface area contributed by atoms with Gasteiger partial charge in [-0.2, -0.15) is 5.26 Å². The van der Waals surface area contributed by atoms with Crippen LogP contribution in [-0.4, -0.2) is 58.3 Å². The van der Waals surface area contributed by atoms with Crippen LogP contribution in [0.3, 0.4) is 0 Å². The topological polar surface area (TPSA) is 120 Å². The Morgan fingerprint density at radius 1 is 1.11 bits per heavy atom. The fourth-order valence-corrected chi connectivity index (χ4v) is 5.81. The Morgan fingerprint density at radius 3 is 2.40 bits per heavy atom. The zero-order valence-electron chi connectivity index (χ0n) is 19.2. The summed E-state index contributed by atoms with van der Waals surface area (Å²) in [6.45, 7) is 0.118. The van der Waals surface area contributed by atoms with E-state index in [2.05, 4.69) is 23.5 Å². The molecule has 0 radical (unpaired) electrons. The van der Waals surface area contributed by atoms with Crippen LogP contribution in [-0.2, 0) is 14.3 Å². The zero-order chi connectivity index (χ0) is 24.8. The third-order valence-electron chi connectivity index (χ3n) is 6.42. The largest absolute Gasteiger partial charge is 0.480 e. The van der Waals surface area contributed by atoms with Gasteiger partial charge >= 0.3 is 12.1 Å². The number of benzene rings is 2. The molecule has 0 aromatic heterocycles. The number of hydrogen-bond donors (Lipinski definition) is 2. The van der Waals surface area contributed by atoms with Crippen LogP contribution in [0.15, 0.2) is 48.5 Å². The third-order valence-corrected chi connectivity index (χ3v) is 7.43. The average Bonchev–Trinajstić information content (AvgIpc) is 3.48. The van der Waals surface area contributed by atoms with Gasteiger partial charge in [0.25, 0.3) is 0 Å². The first kappa shape index (κ1) is 24.6. The molecule has 0 spiro atoms. The number of ether oxygens (including phenoxy) is 1. The fraction of sp³-hybridized carbons (Fsp3) is 0.385. The van der Waals surface area contributed by atoms with E-state index >= 15 is 0 Å². The van der Waals surface area contributed by atoms with Gasteiger partial charge in [0.2, 0.25) is 5.91 Å². The summed E-state index contributed by atoms with van der Waals surface area (Å²) in [7, 11) is 0. The first-order valence-corrected chi connectivity index (χ1v) is 12.8. The molecular weight excluding hydrogens is 466 g/mol. The minimum atomic E-state index is -1.06. The molecule has 0 saturated carbocycles. The molecule has 1 saturated heterocycles. The third kappa shape index (κ3) is 5.43. The number of nitrogens with zero attached hydrogens (tertiary/aromatic N) is 2. The number of amides is 2. The van der Waals surface area contributed by atoms with Gasteiger partial charge in [0.1, 0.15) is 18.7 Å². The van der Waals surface area contributed by atoms with Gasteiger partial charge in [-0.1, -0.05) is 48.5 Å². The van der Waals surface area contributed by atoms with E-state index < -0.39 is 30.1 Å². The summed E-state index contributed by atoms with van der Waals surface area (Å²) in [4.78, 5) is 38.8. The van der Waals surface area contributed by atoms with Crippen LogP contribution < -0.4 is 5.32 Å². The number of carboxylic acid groups (broad SMARTS) is 1. The molecule has 2 N–H and O–H groups in total. The minimum Gasteiger partial charge on any atom is -0.480 e. The van der Waals surface area contributed by atoms with E-state index in [1.54, 1.807) is 0 Å². The lowest BCUT2D eigenvalue weighted by Gasteiger charge is -2.26. The molecule has 2 amide bonds. The molecule has 2 aromatic carbocycles. The predicted molar refractivity (Wildman–Crippen MR) is 132 cm³/mol. The lowest BCUT2D eigenvalue weighted by Crippen LogP contribution is -2.52. The Hall–Kier alpha value is -3.51. The molecule has 4 rings (SSSR count). The van der Waals surface area contributed by atoms with E-state index in [1.165, 1.54) is 16.7 Å². The van der Waals surface area contributed by atoms with E-state index in [-0.39, 0.29) is 18.4 Å². The van der Waals surface area contributed by atoms with Crippen molar-refractivity contribution >= 4 is 29.7 Å². The number of alkyl carbamates (subject to hydrolysis) is 1. The number of carboxylic acids is 1. The van der Waals surface area contributed by atoms with Crippen molar-refractivity contribution in [3.8, 4) is 17.2 Å². The van der Waals surface area contributed by atoms with Crippen LogP contribution in [0.5, 0.6) is 0 Å². The second-order valence-electron chi connectivity index (χ2n) is 8.59. The number of fused-ring (bicyclic) bond motifs is 3. The lowest BCUT2D eigenvalue weighted by molar-refractivity contribution is -0.148. The number of nitrogens with one attached hydrogen (secondary N) is 1. The highest BCUT2D eigenvalue weighted by atomic mass is 32.2. The number of aliphatic carboxylic acids is 1. The Bertz CT molecular complexity index is 1100. The van der Waals surface area contributed by atoms with Gasteiger partial charge in [0, 0.05) is 18.1 Å². The number of nitriles is 1. The molecule has 1 heterocycles. The Balaban J connectivity index is 1.43. The smallest absolute Gasteiger partial charge is 0.407 e. The van der Waals surface area contributed by atoms with Crippen molar-refractivity contribution in [1.29, 1.82) is 5.26 Å². The molecule has 9 heteroatoms. The molecular formula is C26H27N3O5S. The molecule has 2 atom stereocenters. The number of hydrogen-bond acceptors (Lipinski definition) is 6. The van der Waals surface area contributed by atoms with Crippen molar-refractivity contribution in [2.75, 3.05) is 18.2 Å². The summed E-state index contributed by atoms with van der Waals surface area (Å²) < 4.78 is 5.59. The molecule has 182 valence electrons. The second kappa shape index (κ2) is 11.3. The molecule has 2 unspecified atom stereocenters. The highest BCUT2D eigenvalue weighted by Gasteiger charge is 2.38. The van der Waals surface area contributed by atoms with Crippen LogP contribution in [0, 0.1) is 11.3 Å². The molecule has 1 aliphatic carbocycles. The predicted octanol–water partition coefficient (Wildman–Crippen LogP) is 3.96. The molecule has 8 nitrogen and oxygen atoms in total. The van der Waals surface area contributed by atoms with E-state index in [9.17, 15) is 19.5 Å². The maximum atomic E-state index is 13.2. The van der Waals surface area contributed by atoms with Gasteiger partial charge in [-0.15, -0.1) is 11.8 Å². The van der Waals surface area contributed by atoms with Crippen molar-refractivity contribution in [2.24, 2.45) is 0 Å². The monoisotopic (exact) mass is 493 g/mol. The van der Waals surface area contributed by atoms with Gasteiger partial charge in [-0.05, 0) is 41.5 Å². The van der Waals surface area contributed by atoms with Gasteiger partial charge in [0.05, 0.1) is 11.9 Å². The molecule has 35 heavy (non-hydrogen) atoms. The van der Waals surface area contributed by atoms with Crippen molar-refractivity contribution in [2.45, 2.75) is 43.7 Å². The number of rotatable bonds is 9. The molecule has 2 aromatic rings. The van der Waals surface area contributed by atoms with E-state index in [0.29, 0.717) is 31.4 Å².